The van der Waals surface area contributed by atoms with Crippen LogP contribution in [0, 0.1) is 0 Å². The maximum absolute atomic E-state index is 12.9. The van der Waals surface area contributed by atoms with Gasteiger partial charge in [-0.15, -0.1) is 0 Å². The molecule has 0 aromatic carbocycles. The van der Waals surface area contributed by atoms with E-state index in [1.54, 1.807) is 0 Å². The minimum atomic E-state index is -0.772. The molecule has 0 bridgehead atoms. The van der Waals surface area contributed by atoms with Gasteiger partial charge in [-0.05, 0) is 44.9 Å². The maximum atomic E-state index is 12.9. The summed E-state index contributed by atoms with van der Waals surface area (Å²) in [7, 11) is 0. The highest BCUT2D eigenvalue weighted by atomic mass is 16.6. The summed E-state index contributed by atoms with van der Waals surface area (Å²) in [6.45, 7) is 6.67. The Hall–Kier alpha value is -2.11. The van der Waals surface area contributed by atoms with Crippen LogP contribution in [0.1, 0.15) is 323 Å². The topological polar surface area (TPSA) is 78.9 Å². The van der Waals surface area contributed by atoms with Crippen LogP contribution in [-0.2, 0) is 28.6 Å². The van der Waals surface area contributed by atoms with E-state index in [1.807, 2.05) is 0 Å². The van der Waals surface area contributed by atoms with Gasteiger partial charge in [0.1, 0.15) is 13.2 Å². The van der Waals surface area contributed by atoms with Crippen LogP contribution in [0.2, 0.25) is 0 Å². The second-order valence-corrected chi connectivity index (χ2v) is 20.0. The lowest BCUT2D eigenvalue weighted by atomic mass is 10.0. The van der Waals surface area contributed by atoms with E-state index >= 15 is 0 Å². The van der Waals surface area contributed by atoms with E-state index in [2.05, 4.69) is 45.1 Å². The van der Waals surface area contributed by atoms with Crippen molar-refractivity contribution in [2.75, 3.05) is 13.2 Å². The number of rotatable bonds is 54. The lowest BCUT2D eigenvalue weighted by molar-refractivity contribution is -0.167. The Morgan fingerprint density at radius 1 is 0.303 bits per heavy atom. The van der Waals surface area contributed by atoms with Crippen LogP contribution in [0.25, 0.3) is 0 Å². The van der Waals surface area contributed by atoms with Gasteiger partial charge in [-0.3, -0.25) is 14.4 Å². The molecule has 0 spiro atoms. The minimum Gasteiger partial charge on any atom is -0.462 e. The molecule has 0 aliphatic rings. The molecule has 0 rings (SSSR count). The molecule has 0 aliphatic carbocycles. The fraction of sp³-hybridized carbons (Fsp3) is 0.883. The van der Waals surface area contributed by atoms with Gasteiger partial charge in [0.05, 0.1) is 0 Å². The molecule has 1 atom stereocenters. The summed E-state index contributed by atoms with van der Waals surface area (Å²) in [5.41, 5.74) is 0. The van der Waals surface area contributed by atoms with Gasteiger partial charge in [-0.2, -0.15) is 0 Å². The number of hydrogen-bond donors (Lipinski definition) is 0. The van der Waals surface area contributed by atoms with Crippen LogP contribution in [0.5, 0.6) is 0 Å². The number of carbonyl (C=O) groups is 3. The van der Waals surface area contributed by atoms with Gasteiger partial charge >= 0.3 is 17.9 Å². The number of esters is 3. The van der Waals surface area contributed by atoms with Crippen LogP contribution in [0.4, 0.5) is 0 Å². The Morgan fingerprint density at radius 3 is 0.803 bits per heavy atom. The zero-order valence-electron chi connectivity index (χ0n) is 44.5. The normalized spacial score (nSPS) is 12.1. The van der Waals surface area contributed by atoms with Crippen LogP contribution in [0.15, 0.2) is 24.3 Å². The van der Waals surface area contributed by atoms with Gasteiger partial charge < -0.3 is 14.2 Å². The van der Waals surface area contributed by atoms with E-state index < -0.39 is 6.10 Å². The van der Waals surface area contributed by atoms with Crippen molar-refractivity contribution < 1.29 is 28.6 Å². The second kappa shape index (κ2) is 55.5. The van der Waals surface area contributed by atoms with Gasteiger partial charge in [0.2, 0.25) is 0 Å². The van der Waals surface area contributed by atoms with Gasteiger partial charge in [0.25, 0.3) is 0 Å². The average molecular weight is 930 g/mol. The predicted octanol–water partition coefficient (Wildman–Crippen LogP) is 19.5. The number of hydrogen-bond acceptors (Lipinski definition) is 6. The summed E-state index contributed by atoms with van der Waals surface area (Å²) in [5.74, 6) is -0.863. The highest BCUT2D eigenvalue weighted by Gasteiger charge is 2.19. The average Bonchev–Trinajstić information content (AvgIpc) is 3.31. The van der Waals surface area contributed by atoms with Crippen molar-refractivity contribution in [3.63, 3.8) is 0 Å². The summed E-state index contributed by atoms with van der Waals surface area (Å²) in [6, 6.07) is 0. The summed E-state index contributed by atoms with van der Waals surface area (Å²) in [5, 5.41) is 0. The quantitative estimate of drug-likeness (QED) is 0.0262. The first-order chi connectivity index (χ1) is 32.5. The number of unbranched alkanes of at least 4 members (excludes halogenated alkanes) is 40. The Labute approximate surface area is 411 Å². The van der Waals surface area contributed by atoms with E-state index in [9.17, 15) is 14.4 Å². The molecule has 0 radical (unpaired) electrons. The van der Waals surface area contributed by atoms with E-state index in [0.717, 1.165) is 77.0 Å². The molecule has 0 aromatic rings. The van der Waals surface area contributed by atoms with Crippen molar-refractivity contribution in [3.8, 4) is 0 Å². The van der Waals surface area contributed by atoms with Crippen molar-refractivity contribution in [1.29, 1.82) is 0 Å². The van der Waals surface area contributed by atoms with Crippen molar-refractivity contribution in [3.05, 3.63) is 24.3 Å². The highest BCUT2D eigenvalue weighted by molar-refractivity contribution is 5.71. The Kier molecular flexibility index (Phi) is 53.7. The first-order valence-electron chi connectivity index (χ1n) is 29.4. The Morgan fingerprint density at radius 2 is 0.530 bits per heavy atom. The molecule has 388 valence electrons. The third-order valence-electron chi connectivity index (χ3n) is 13.2. The van der Waals surface area contributed by atoms with Gasteiger partial charge in [0.15, 0.2) is 6.10 Å². The molecule has 6 heteroatoms. The van der Waals surface area contributed by atoms with Crippen molar-refractivity contribution in [2.45, 2.75) is 329 Å². The second-order valence-electron chi connectivity index (χ2n) is 20.0. The molecular formula is C60H112O6. The molecule has 6 nitrogen and oxygen atoms in total. The van der Waals surface area contributed by atoms with Crippen LogP contribution < -0.4 is 0 Å². The van der Waals surface area contributed by atoms with Gasteiger partial charge in [-0.25, -0.2) is 0 Å². The molecule has 0 aromatic heterocycles. The first kappa shape index (κ1) is 63.9. The molecule has 0 fully saturated rings. The van der Waals surface area contributed by atoms with Crippen LogP contribution >= 0.6 is 0 Å². The van der Waals surface area contributed by atoms with Crippen LogP contribution in [-0.4, -0.2) is 37.2 Å². The lowest BCUT2D eigenvalue weighted by Gasteiger charge is -2.18. The summed E-state index contributed by atoms with van der Waals surface area (Å²) in [4.78, 5) is 38.1. The molecule has 0 saturated heterocycles. The zero-order chi connectivity index (χ0) is 47.9. The summed E-state index contributed by atoms with van der Waals surface area (Å²) < 4.78 is 16.9. The third kappa shape index (κ3) is 52.9. The van der Waals surface area contributed by atoms with E-state index in [0.29, 0.717) is 19.3 Å². The monoisotopic (exact) mass is 929 g/mol. The molecular weight excluding hydrogens is 817 g/mol. The SMILES string of the molecule is CCCCCCCCC/C=C\C=C/CCCCCCCC(=O)OCC(COC(=O)CCCCCCCCCCCCCCCC)OC(=O)CCCCCCCCCCCCCCCCCC. The van der Waals surface area contributed by atoms with E-state index in [4.69, 9.17) is 14.2 Å². The fourth-order valence-corrected chi connectivity index (χ4v) is 8.79. The van der Waals surface area contributed by atoms with Gasteiger partial charge in [-0.1, -0.05) is 283 Å². The van der Waals surface area contributed by atoms with Crippen molar-refractivity contribution >= 4 is 17.9 Å². The predicted molar refractivity (Wildman–Crippen MR) is 284 cm³/mol. The van der Waals surface area contributed by atoms with E-state index in [-0.39, 0.29) is 31.1 Å². The zero-order valence-corrected chi connectivity index (χ0v) is 44.5. The smallest absolute Gasteiger partial charge is 0.306 e. The molecule has 0 N–H and O–H groups in total. The summed E-state index contributed by atoms with van der Waals surface area (Å²) >= 11 is 0. The van der Waals surface area contributed by atoms with Gasteiger partial charge in [0, 0.05) is 19.3 Å². The largest absolute Gasteiger partial charge is 0.462 e. The molecule has 0 aliphatic heterocycles. The standard InChI is InChI=1S/C60H112O6/c1-4-7-10-13-16-19-22-25-28-30-31-33-35-38-41-44-47-50-53-59(62)65-56-57(55-64-58(61)52-49-46-43-40-37-34-27-24-21-18-15-12-9-6-3)66-60(63)54-51-48-45-42-39-36-32-29-26-23-20-17-14-11-8-5-2/h28,30-31,33,57H,4-27,29,32,34-56H2,1-3H3/b30-28-,33-31-. The Bertz CT molecular complexity index is 1070. The number of ether oxygens (including phenoxy) is 3. The molecule has 0 saturated carbocycles. The lowest BCUT2D eigenvalue weighted by Crippen LogP contribution is -2.30. The molecule has 0 heterocycles. The van der Waals surface area contributed by atoms with Crippen LogP contribution in [0.3, 0.4) is 0 Å². The highest BCUT2D eigenvalue weighted by Crippen LogP contribution is 2.17. The minimum absolute atomic E-state index is 0.0706. The van der Waals surface area contributed by atoms with Crippen molar-refractivity contribution in [1.82, 2.24) is 0 Å². The third-order valence-corrected chi connectivity index (χ3v) is 13.2. The fourth-order valence-electron chi connectivity index (χ4n) is 8.79. The molecule has 66 heavy (non-hydrogen) atoms. The molecule has 1 unspecified atom stereocenters. The van der Waals surface area contributed by atoms with E-state index in [1.165, 1.54) is 205 Å². The summed E-state index contributed by atoms with van der Waals surface area (Å²) in [6.07, 6.45) is 64.5. The number of carbonyl (C=O) groups excluding carboxylic acids is 3. The first-order valence-corrected chi connectivity index (χ1v) is 29.4. The van der Waals surface area contributed by atoms with Crippen molar-refractivity contribution in [2.24, 2.45) is 0 Å². The molecule has 0 amide bonds. The maximum Gasteiger partial charge on any atom is 0.306 e. The number of allylic oxidation sites excluding steroid dienone is 4. The Balaban J connectivity index is 4.35.